The minimum absolute atomic E-state index is 0.292. The lowest BCUT2D eigenvalue weighted by molar-refractivity contribution is -0.0890. The van der Waals surface area contributed by atoms with E-state index in [0.717, 1.165) is 0 Å². The zero-order valence-corrected chi connectivity index (χ0v) is 7.64. The molecule has 0 saturated heterocycles. The molecule has 0 saturated carbocycles. The maximum absolute atomic E-state index is 12.1. The minimum atomic E-state index is -4.79. The van der Waals surface area contributed by atoms with E-state index in [4.69, 9.17) is 0 Å². The highest BCUT2D eigenvalue weighted by Gasteiger charge is 2.40. The van der Waals surface area contributed by atoms with Gasteiger partial charge in [0.1, 0.15) is 0 Å². The molecular formula is C9H10F3NO. The Morgan fingerprint density at radius 1 is 1.50 bits per heavy atom. The molecule has 0 aliphatic heterocycles. The van der Waals surface area contributed by atoms with Crippen molar-refractivity contribution < 1.29 is 18.0 Å². The van der Waals surface area contributed by atoms with Gasteiger partial charge < -0.3 is 4.57 Å². The van der Waals surface area contributed by atoms with Gasteiger partial charge in [-0.2, -0.15) is 13.2 Å². The summed E-state index contributed by atoms with van der Waals surface area (Å²) in [6.07, 6.45) is -2.63. The summed E-state index contributed by atoms with van der Waals surface area (Å²) in [5, 5.41) is 0. The Balaban J connectivity index is 2.95. The molecule has 2 nitrogen and oxygen atoms in total. The van der Waals surface area contributed by atoms with E-state index >= 15 is 0 Å². The van der Waals surface area contributed by atoms with Crippen LogP contribution < -0.4 is 0 Å². The Labute approximate surface area is 79.3 Å². The van der Waals surface area contributed by atoms with Gasteiger partial charge in [-0.15, -0.1) is 0 Å². The number of Topliss-reactive ketones (excluding diaryl/α,β-unsaturated/α-hetero) is 1. The van der Waals surface area contributed by atoms with Crippen molar-refractivity contribution >= 4 is 5.78 Å². The summed E-state index contributed by atoms with van der Waals surface area (Å²) in [4.78, 5) is 10.9. The minimum Gasteiger partial charge on any atom is -0.345 e. The molecule has 1 rings (SSSR count). The predicted molar refractivity (Wildman–Crippen MR) is 45.1 cm³/mol. The second kappa shape index (κ2) is 3.86. The topological polar surface area (TPSA) is 22.0 Å². The van der Waals surface area contributed by atoms with Crippen molar-refractivity contribution in [2.75, 3.05) is 0 Å². The Hall–Kier alpha value is -1.26. The molecule has 0 fully saturated rings. The summed E-state index contributed by atoms with van der Waals surface area (Å²) in [6, 6.07) is 2.63. The highest BCUT2D eigenvalue weighted by Crippen LogP contribution is 2.21. The number of aromatic nitrogens is 1. The van der Waals surface area contributed by atoms with Crippen LogP contribution in [0.15, 0.2) is 18.3 Å². The average Bonchev–Trinajstić information content (AvgIpc) is 2.50. The van der Waals surface area contributed by atoms with Crippen molar-refractivity contribution in [3.8, 4) is 0 Å². The molecule has 0 N–H and O–H groups in total. The van der Waals surface area contributed by atoms with Gasteiger partial charge in [-0.3, -0.25) is 4.79 Å². The fourth-order valence-corrected chi connectivity index (χ4v) is 1.20. The molecule has 1 heterocycles. The molecule has 0 radical (unpaired) electrons. The second-order valence-corrected chi connectivity index (χ2v) is 2.91. The number of ketones is 1. The third-order valence-electron chi connectivity index (χ3n) is 1.78. The summed E-state index contributed by atoms with van der Waals surface area (Å²) in [6.45, 7) is 2.26. The first-order chi connectivity index (χ1) is 6.46. The lowest BCUT2D eigenvalue weighted by Crippen LogP contribution is -2.25. The molecule has 0 spiro atoms. The first kappa shape index (κ1) is 10.8. The van der Waals surface area contributed by atoms with Gasteiger partial charge >= 0.3 is 6.18 Å². The van der Waals surface area contributed by atoms with E-state index in [9.17, 15) is 18.0 Å². The van der Waals surface area contributed by atoms with Gasteiger partial charge in [0.05, 0.1) is 5.69 Å². The van der Waals surface area contributed by atoms with Crippen LogP contribution in [0.25, 0.3) is 0 Å². The lowest BCUT2D eigenvalue weighted by Gasteiger charge is -2.08. The fraction of sp³-hybridized carbons (Fsp3) is 0.444. The number of hydrogen-bond acceptors (Lipinski definition) is 1. The van der Waals surface area contributed by atoms with Crippen molar-refractivity contribution in [2.24, 2.45) is 0 Å². The van der Waals surface area contributed by atoms with Crippen LogP contribution in [-0.2, 0) is 6.54 Å². The van der Waals surface area contributed by atoms with Crippen LogP contribution in [0.5, 0.6) is 0 Å². The highest BCUT2D eigenvalue weighted by molar-refractivity contribution is 5.98. The number of halogens is 3. The summed E-state index contributed by atoms with van der Waals surface area (Å²) in [7, 11) is 0. The number of carbonyl (C=O) groups is 1. The van der Waals surface area contributed by atoms with Crippen molar-refractivity contribution in [2.45, 2.75) is 26.1 Å². The van der Waals surface area contributed by atoms with Crippen LogP contribution in [0, 0.1) is 0 Å². The van der Waals surface area contributed by atoms with E-state index < -0.39 is 12.0 Å². The predicted octanol–water partition coefficient (Wildman–Crippen LogP) is 2.64. The number of nitrogens with zero attached hydrogens (tertiary/aromatic N) is 1. The van der Waals surface area contributed by atoms with Crippen LogP contribution in [-0.4, -0.2) is 16.5 Å². The first-order valence-electron chi connectivity index (χ1n) is 4.23. The fourth-order valence-electron chi connectivity index (χ4n) is 1.20. The van der Waals surface area contributed by atoms with Gasteiger partial charge in [0.2, 0.25) is 0 Å². The van der Waals surface area contributed by atoms with E-state index in [2.05, 4.69) is 0 Å². The molecule has 0 aliphatic carbocycles. The highest BCUT2D eigenvalue weighted by atomic mass is 19.4. The van der Waals surface area contributed by atoms with Crippen molar-refractivity contribution in [1.29, 1.82) is 0 Å². The number of rotatable bonds is 3. The van der Waals surface area contributed by atoms with E-state index in [-0.39, 0.29) is 5.69 Å². The first-order valence-corrected chi connectivity index (χ1v) is 4.23. The van der Waals surface area contributed by atoms with Gasteiger partial charge in [0.15, 0.2) is 0 Å². The van der Waals surface area contributed by atoms with Gasteiger partial charge in [-0.1, -0.05) is 6.92 Å². The van der Waals surface area contributed by atoms with Gasteiger partial charge in [-0.25, -0.2) is 0 Å². The molecule has 0 aliphatic rings. The Bertz CT molecular complexity index is 327. The van der Waals surface area contributed by atoms with Crippen molar-refractivity contribution in [3.05, 3.63) is 24.0 Å². The lowest BCUT2D eigenvalue weighted by atomic mass is 10.3. The molecule has 0 unspecified atom stereocenters. The zero-order chi connectivity index (χ0) is 10.8. The summed E-state index contributed by atoms with van der Waals surface area (Å²) < 4.78 is 37.5. The van der Waals surface area contributed by atoms with E-state index in [0.29, 0.717) is 13.0 Å². The van der Waals surface area contributed by atoms with Crippen LogP contribution >= 0.6 is 0 Å². The number of aryl methyl sites for hydroxylation is 1. The Morgan fingerprint density at radius 3 is 2.64 bits per heavy atom. The molecule has 78 valence electrons. The average molecular weight is 205 g/mol. The second-order valence-electron chi connectivity index (χ2n) is 2.91. The van der Waals surface area contributed by atoms with E-state index in [1.165, 1.54) is 22.9 Å². The Morgan fingerprint density at radius 2 is 2.14 bits per heavy atom. The zero-order valence-electron chi connectivity index (χ0n) is 7.64. The van der Waals surface area contributed by atoms with Crippen molar-refractivity contribution in [3.63, 3.8) is 0 Å². The normalized spacial score (nSPS) is 11.7. The number of alkyl halides is 3. The SMILES string of the molecule is CCCn1cccc1C(=O)C(F)(F)F. The molecule has 0 bridgehead atoms. The number of carbonyl (C=O) groups excluding carboxylic acids is 1. The van der Waals surface area contributed by atoms with Gasteiger partial charge in [0.25, 0.3) is 5.78 Å². The van der Waals surface area contributed by atoms with Crippen LogP contribution in [0.3, 0.4) is 0 Å². The van der Waals surface area contributed by atoms with E-state index in [1.807, 2.05) is 6.92 Å². The molecule has 5 heteroatoms. The Kier molecular flexibility index (Phi) is 2.98. The maximum Gasteiger partial charge on any atom is 0.456 e. The monoisotopic (exact) mass is 205 g/mol. The standard InChI is InChI=1S/C9H10F3NO/c1-2-5-13-6-3-4-7(13)8(14)9(10,11)12/h3-4,6H,2,5H2,1H3. The van der Waals surface area contributed by atoms with Crippen LogP contribution in [0.4, 0.5) is 13.2 Å². The van der Waals surface area contributed by atoms with Crippen LogP contribution in [0.1, 0.15) is 23.8 Å². The molecule has 0 aromatic carbocycles. The molecule has 1 aromatic rings. The molecule has 0 amide bonds. The largest absolute Gasteiger partial charge is 0.456 e. The van der Waals surface area contributed by atoms with E-state index in [1.54, 1.807) is 0 Å². The molecule has 1 aromatic heterocycles. The summed E-state index contributed by atoms with van der Waals surface area (Å²) in [5.74, 6) is -1.78. The maximum atomic E-state index is 12.1. The quantitative estimate of drug-likeness (QED) is 0.695. The molecule has 0 atom stereocenters. The van der Waals surface area contributed by atoms with Gasteiger partial charge in [-0.05, 0) is 18.6 Å². The van der Waals surface area contributed by atoms with Gasteiger partial charge in [0, 0.05) is 12.7 Å². The number of hydrogen-bond donors (Lipinski definition) is 0. The molecular weight excluding hydrogens is 195 g/mol. The smallest absolute Gasteiger partial charge is 0.345 e. The van der Waals surface area contributed by atoms with Crippen LogP contribution in [0.2, 0.25) is 0 Å². The molecule has 14 heavy (non-hydrogen) atoms. The summed E-state index contributed by atoms with van der Waals surface area (Å²) in [5.41, 5.74) is -0.292. The summed E-state index contributed by atoms with van der Waals surface area (Å²) >= 11 is 0. The van der Waals surface area contributed by atoms with Crippen molar-refractivity contribution in [1.82, 2.24) is 4.57 Å². The third-order valence-corrected chi connectivity index (χ3v) is 1.78. The third kappa shape index (κ3) is 2.16.